The number of likely N-dealkylation sites (N-methyl/N-ethyl adjacent to an activating group) is 1. The van der Waals surface area contributed by atoms with Crippen molar-refractivity contribution >= 4 is 0 Å². The Morgan fingerprint density at radius 1 is 1.29 bits per heavy atom. The molecule has 0 aromatic rings. The minimum atomic E-state index is -4.02. The van der Waals surface area contributed by atoms with Gasteiger partial charge in [0.05, 0.1) is 5.92 Å². The summed E-state index contributed by atoms with van der Waals surface area (Å²) in [6.45, 7) is 2.82. The van der Waals surface area contributed by atoms with Gasteiger partial charge in [0.15, 0.2) is 0 Å². The highest BCUT2D eigenvalue weighted by Gasteiger charge is 2.41. The number of nitrogens with zero attached hydrogens (tertiary/aromatic N) is 1. The van der Waals surface area contributed by atoms with E-state index >= 15 is 0 Å². The van der Waals surface area contributed by atoms with Crippen LogP contribution in [0.3, 0.4) is 0 Å². The first-order valence-corrected chi connectivity index (χ1v) is 6.27. The highest BCUT2D eigenvalue weighted by atomic mass is 19.4. The van der Waals surface area contributed by atoms with Gasteiger partial charge in [0.25, 0.3) is 0 Å². The van der Waals surface area contributed by atoms with Gasteiger partial charge in [-0.15, -0.1) is 0 Å². The Labute approximate surface area is 102 Å². The molecule has 2 nitrogen and oxygen atoms in total. The topological polar surface area (TPSA) is 15.3 Å². The second-order valence-electron chi connectivity index (χ2n) is 5.32. The van der Waals surface area contributed by atoms with Gasteiger partial charge in [-0.2, -0.15) is 13.2 Å². The Morgan fingerprint density at radius 3 is 2.47 bits per heavy atom. The van der Waals surface area contributed by atoms with Gasteiger partial charge in [-0.05, 0) is 40.3 Å². The van der Waals surface area contributed by atoms with Crippen LogP contribution in [0.2, 0.25) is 0 Å². The van der Waals surface area contributed by atoms with Crippen LogP contribution < -0.4 is 5.32 Å². The summed E-state index contributed by atoms with van der Waals surface area (Å²) in [4.78, 5) is 2.07. The van der Waals surface area contributed by atoms with Gasteiger partial charge < -0.3 is 10.2 Å². The van der Waals surface area contributed by atoms with E-state index in [1.54, 1.807) is 0 Å². The van der Waals surface area contributed by atoms with Crippen LogP contribution in [0.4, 0.5) is 13.2 Å². The molecule has 1 saturated carbocycles. The van der Waals surface area contributed by atoms with Crippen LogP contribution in [0.5, 0.6) is 0 Å². The Hall–Kier alpha value is -0.290. The lowest BCUT2D eigenvalue weighted by Gasteiger charge is -2.32. The minimum Gasteiger partial charge on any atom is -0.312 e. The molecule has 0 radical (unpaired) electrons. The van der Waals surface area contributed by atoms with Gasteiger partial charge in [-0.25, -0.2) is 0 Å². The SMILES string of the molecule is CC(CNC1CCCC(C(F)(F)F)C1)N(C)C. The van der Waals surface area contributed by atoms with Crippen molar-refractivity contribution in [2.45, 2.75) is 50.9 Å². The minimum absolute atomic E-state index is 0.0257. The summed E-state index contributed by atoms with van der Waals surface area (Å²) in [7, 11) is 3.96. The van der Waals surface area contributed by atoms with Crippen molar-refractivity contribution in [1.82, 2.24) is 10.2 Å². The molecule has 102 valence electrons. The van der Waals surface area contributed by atoms with Crippen molar-refractivity contribution in [3.05, 3.63) is 0 Å². The van der Waals surface area contributed by atoms with Crippen molar-refractivity contribution in [1.29, 1.82) is 0 Å². The molecule has 0 aromatic carbocycles. The maximum absolute atomic E-state index is 12.6. The first-order chi connectivity index (χ1) is 7.80. The number of halogens is 3. The van der Waals surface area contributed by atoms with Crippen LogP contribution >= 0.6 is 0 Å². The van der Waals surface area contributed by atoms with Crippen molar-refractivity contribution in [3.63, 3.8) is 0 Å². The smallest absolute Gasteiger partial charge is 0.312 e. The third kappa shape index (κ3) is 4.84. The second-order valence-corrected chi connectivity index (χ2v) is 5.32. The van der Waals surface area contributed by atoms with Crippen LogP contribution in [0, 0.1) is 5.92 Å². The van der Waals surface area contributed by atoms with E-state index in [-0.39, 0.29) is 12.5 Å². The summed E-state index contributed by atoms with van der Waals surface area (Å²) in [6.07, 6.45) is -1.94. The van der Waals surface area contributed by atoms with E-state index < -0.39 is 12.1 Å². The lowest BCUT2D eigenvalue weighted by atomic mass is 9.85. The maximum Gasteiger partial charge on any atom is 0.391 e. The molecule has 0 amide bonds. The quantitative estimate of drug-likeness (QED) is 0.827. The summed E-state index contributed by atoms with van der Waals surface area (Å²) in [5.41, 5.74) is 0. The van der Waals surface area contributed by atoms with E-state index in [1.807, 2.05) is 14.1 Å². The third-order valence-electron chi connectivity index (χ3n) is 3.72. The Morgan fingerprint density at radius 2 is 1.94 bits per heavy atom. The van der Waals surface area contributed by atoms with Crippen LogP contribution in [0.15, 0.2) is 0 Å². The fraction of sp³-hybridized carbons (Fsp3) is 1.00. The summed E-state index contributed by atoms with van der Waals surface area (Å²) < 4.78 is 37.8. The summed E-state index contributed by atoms with van der Waals surface area (Å²) in [5, 5.41) is 3.26. The zero-order valence-electron chi connectivity index (χ0n) is 10.8. The molecule has 17 heavy (non-hydrogen) atoms. The Bertz CT molecular complexity index is 228. The molecule has 0 aromatic heterocycles. The molecule has 3 unspecified atom stereocenters. The van der Waals surface area contributed by atoms with Crippen LogP contribution in [-0.4, -0.2) is 43.8 Å². The largest absolute Gasteiger partial charge is 0.391 e. The lowest BCUT2D eigenvalue weighted by molar-refractivity contribution is -0.183. The van der Waals surface area contributed by atoms with Crippen molar-refractivity contribution in [3.8, 4) is 0 Å². The highest BCUT2D eigenvalue weighted by Crippen LogP contribution is 2.37. The maximum atomic E-state index is 12.6. The number of alkyl halides is 3. The van der Waals surface area contributed by atoms with Gasteiger partial charge >= 0.3 is 6.18 Å². The predicted octanol–water partition coefficient (Wildman–Crippen LogP) is 2.65. The van der Waals surface area contributed by atoms with Gasteiger partial charge in [0, 0.05) is 18.6 Å². The van der Waals surface area contributed by atoms with Crippen LogP contribution in [0.1, 0.15) is 32.6 Å². The standard InChI is InChI=1S/C12H23F3N2/c1-9(17(2)3)8-16-11-6-4-5-10(7-11)12(13,14)15/h9-11,16H,4-8H2,1-3H3. The van der Waals surface area contributed by atoms with E-state index in [2.05, 4.69) is 17.1 Å². The normalized spacial score (nSPS) is 28.4. The average molecular weight is 252 g/mol. The number of hydrogen-bond acceptors (Lipinski definition) is 2. The molecule has 1 aliphatic rings. The monoisotopic (exact) mass is 252 g/mol. The first-order valence-electron chi connectivity index (χ1n) is 6.27. The van der Waals surface area contributed by atoms with Crippen molar-refractivity contribution in [2.24, 2.45) is 5.92 Å². The molecular formula is C12H23F3N2. The summed E-state index contributed by atoms with van der Waals surface area (Å²) in [5.74, 6) is -1.11. The fourth-order valence-corrected chi connectivity index (χ4v) is 2.19. The first kappa shape index (κ1) is 14.8. The molecule has 0 aliphatic heterocycles. The Kier molecular flexibility index (Phi) is 5.25. The molecule has 0 saturated heterocycles. The van der Waals surface area contributed by atoms with Gasteiger partial charge in [0.1, 0.15) is 0 Å². The molecule has 3 atom stereocenters. The molecular weight excluding hydrogens is 229 g/mol. The van der Waals surface area contributed by atoms with Gasteiger partial charge in [-0.3, -0.25) is 0 Å². The number of nitrogens with one attached hydrogen (secondary N) is 1. The summed E-state index contributed by atoms with van der Waals surface area (Å²) in [6, 6.07) is 0.374. The molecule has 1 N–H and O–H groups in total. The predicted molar refractivity (Wildman–Crippen MR) is 63.0 cm³/mol. The molecule has 0 heterocycles. The van der Waals surface area contributed by atoms with Crippen LogP contribution in [-0.2, 0) is 0 Å². The van der Waals surface area contributed by atoms with E-state index in [0.717, 1.165) is 13.0 Å². The van der Waals surface area contributed by atoms with E-state index in [9.17, 15) is 13.2 Å². The second kappa shape index (κ2) is 6.05. The molecule has 0 spiro atoms. The summed E-state index contributed by atoms with van der Waals surface area (Å²) >= 11 is 0. The van der Waals surface area contributed by atoms with Crippen molar-refractivity contribution < 1.29 is 13.2 Å². The molecule has 1 aliphatic carbocycles. The lowest BCUT2D eigenvalue weighted by Crippen LogP contribution is -2.44. The third-order valence-corrected chi connectivity index (χ3v) is 3.72. The van der Waals surface area contributed by atoms with Gasteiger partial charge in [-0.1, -0.05) is 6.42 Å². The molecule has 5 heteroatoms. The van der Waals surface area contributed by atoms with Crippen LogP contribution in [0.25, 0.3) is 0 Å². The van der Waals surface area contributed by atoms with Gasteiger partial charge in [0.2, 0.25) is 0 Å². The van der Waals surface area contributed by atoms with E-state index in [4.69, 9.17) is 0 Å². The molecule has 0 bridgehead atoms. The molecule has 1 fully saturated rings. The Balaban J connectivity index is 2.35. The number of hydrogen-bond donors (Lipinski definition) is 1. The highest BCUT2D eigenvalue weighted by molar-refractivity contribution is 4.82. The average Bonchev–Trinajstić information content (AvgIpc) is 2.25. The van der Waals surface area contributed by atoms with Crippen molar-refractivity contribution in [2.75, 3.05) is 20.6 Å². The zero-order valence-corrected chi connectivity index (χ0v) is 10.8. The molecule has 1 rings (SSSR count). The van der Waals surface area contributed by atoms with E-state index in [0.29, 0.717) is 18.9 Å². The fourth-order valence-electron chi connectivity index (χ4n) is 2.19. The number of rotatable bonds is 4. The zero-order chi connectivity index (χ0) is 13.1. The van der Waals surface area contributed by atoms with E-state index in [1.165, 1.54) is 0 Å².